The first kappa shape index (κ1) is 15.8. The number of hydrogen-bond donors (Lipinski definition) is 0. The molecular weight excluding hydrogens is 332 g/mol. The van der Waals surface area contributed by atoms with Crippen molar-refractivity contribution in [1.82, 2.24) is 19.1 Å². The van der Waals surface area contributed by atoms with Gasteiger partial charge in [0.05, 0.1) is 18.0 Å². The molecule has 0 saturated heterocycles. The summed E-state index contributed by atoms with van der Waals surface area (Å²) < 4.78 is 3.62. The number of aryl methyl sites for hydroxylation is 2. The van der Waals surface area contributed by atoms with E-state index in [2.05, 4.69) is 29.0 Å². The van der Waals surface area contributed by atoms with Crippen LogP contribution < -0.4 is 5.56 Å². The summed E-state index contributed by atoms with van der Waals surface area (Å²) in [5, 5.41) is 0.705. The summed E-state index contributed by atoms with van der Waals surface area (Å²) >= 11 is 1.60. The van der Waals surface area contributed by atoms with Gasteiger partial charge in [-0.25, -0.2) is 9.97 Å². The van der Waals surface area contributed by atoms with Crippen LogP contribution in [0.5, 0.6) is 0 Å². The van der Waals surface area contributed by atoms with Gasteiger partial charge in [-0.2, -0.15) is 0 Å². The Balaban J connectivity index is 1.64. The number of rotatable bonds is 5. The summed E-state index contributed by atoms with van der Waals surface area (Å²) in [6.45, 7) is 3.44. The van der Waals surface area contributed by atoms with Gasteiger partial charge < -0.3 is 4.57 Å². The molecule has 0 aliphatic carbocycles. The van der Waals surface area contributed by atoms with Gasteiger partial charge in [-0.15, -0.1) is 11.3 Å². The predicted octanol–water partition coefficient (Wildman–Crippen LogP) is 3.51. The molecule has 0 spiro atoms. The van der Waals surface area contributed by atoms with Crippen LogP contribution in [0.1, 0.15) is 23.3 Å². The van der Waals surface area contributed by atoms with E-state index >= 15 is 0 Å². The maximum atomic E-state index is 12.8. The molecule has 1 aromatic carbocycles. The minimum absolute atomic E-state index is 0.0212. The molecule has 0 N–H and O–H groups in total. The van der Waals surface area contributed by atoms with E-state index in [1.165, 1.54) is 5.56 Å². The van der Waals surface area contributed by atoms with Crippen LogP contribution in [0.25, 0.3) is 10.2 Å². The summed E-state index contributed by atoms with van der Waals surface area (Å²) in [4.78, 5) is 23.3. The fourth-order valence-corrected chi connectivity index (χ4v) is 3.97. The molecule has 3 aromatic heterocycles. The van der Waals surface area contributed by atoms with Gasteiger partial charge in [0, 0.05) is 36.3 Å². The lowest BCUT2D eigenvalue weighted by molar-refractivity contribution is 0.562. The molecule has 0 aliphatic rings. The first-order valence-electron chi connectivity index (χ1n) is 8.22. The molecule has 4 aromatic rings. The number of fused-ring (bicyclic) bond motifs is 1. The largest absolute Gasteiger partial charge is 0.336 e. The summed E-state index contributed by atoms with van der Waals surface area (Å²) in [5.41, 5.74) is 1.27. The Bertz CT molecular complexity index is 1030. The number of hydrogen-bond acceptors (Lipinski definition) is 4. The standard InChI is InChI=1S/C19H18N4OS/c1-14(15-5-3-2-4-6-15)17-11-16-18(25-17)21-13-23(19(16)24)10-9-22-8-7-20-12-22/h2-8,11-14H,9-10H2,1H3/t14-/m0/s1. The van der Waals surface area contributed by atoms with Crippen LogP contribution in [-0.4, -0.2) is 19.1 Å². The topological polar surface area (TPSA) is 52.7 Å². The molecule has 0 unspecified atom stereocenters. The van der Waals surface area contributed by atoms with Gasteiger partial charge in [-0.1, -0.05) is 37.3 Å². The van der Waals surface area contributed by atoms with E-state index in [1.807, 2.05) is 35.0 Å². The van der Waals surface area contributed by atoms with Crippen molar-refractivity contribution in [2.45, 2.75) is 25.9 Å². The highest BCUT2D eigenvalue weighted by Gasteiger charge is 2.15. The van der Waals surface area contributed by atoms with Gasteiger partial charge in [0.15, 0.2) is 0 Å². The Morgan fingerprint density at radius 3 is 2.76 bits per heavy atom. The molecule has 4 rings (SSSR count). The van der Waals surface area contributed by atoms with Gasteiger partial charge in [-0.05, 0) is 11.6 Å². The molecule has 0 saturated carbocycles. The Kier molecular flexibility index (Phi) is 4.19. The Morgan fingerprint density at radius 1 is 1.16 bits per heavy atom. The third-order valence-electron chi connectivity index (χ3n) is 4.42. The molecule has 126 valence electrons. The van der Waals surface area contributed by atoms with Gasteiger partial charge in [0.2, 0.25) is 0 Å². The van der Waals surface area contributed by atoms with Crippen molar-refractivity contribution >= 4 is 21.6 Å². The molecule has 0 fully saturated rings. The lowest BCUT2D eigenvalue weighted by Gasteiger charge is -2.08. The van der Waals surface area contributed by atoms with Gasteiger partial charge in [0.25, 0.3) is 5.56 Å². The van der Waals surface area contributed by atoms with Gasteiger partial charge in [-0.3, -0.25) is 9.36 Å². The van der Waals surface area contributed by atoms with Crippen molar-refractivity contribution in [3.05, 3.63) is 82.2 Å². The summed E-state index contributed by atoms with van der Waals surface area (Å²) in [6, 6.07) is 12.3. The Morgan fingerprint density at radius 2 is 2.00 bits per heavy atom. The summed E-state index contributed by atoms with van der Waals surface area (Å²) in [7, 11) is 0. The molecule has 25 heavy (non-hydrogen) atoms. The number of aromatic nitrogens is 4. The van der Waals surface area contributed by atoms with Crippen LogP contribution in [0.4, 0.5) is 0 Å². The molecule has 5 nitrogen and oxygen atoms in total. The lowest BCUT2D eigenvalue weighted by atomic mass is 10.00. The second-order valence-electron chi connectivity index (χ2n) is 6.04. The maximum Gasteiger partial charge on any atom is 0.262 e. The van der Waals surface area contributed by atoms with E-state index in [0.717, 1.165) is 9.71 Å². The van der Waals surface area contributed by atoms with Crippen LogP contribution in [0.15, 0.2) is 66.2 Å². The second kappa shape index (κ2) is 6.64. The van der Waals surface area contributed by atoms with Crippen molar-refractivity contribution in [1.29, 1.82) is 0 Å². The zero-order valence-electron chi connectivity index (χ0n) is 13.9. The van der Waals surface area contributed by atoms with E-state index in [-0.39, 0.29) is 11.5 Å². The molecule has 0 radical (unpaired) electrons. The van der Waals surface area contributed by atoms with E-state index in [1.54, 1.807) is 34.8 Å². The first-order valence-corrected chi connectivity index (χ1v) is 9.03. The maximum absolute atomic E-state index is 12.8. The Labute approximate surface area is 149 Å². The predicted molar refractivity (Wildman–Crippen MR) is 100 cm³/mol. The monoisotopic (exact) mass is 350 g/mol. The van der Waals surface area contributed by atoms with Crippen molar-refractivity contribution in [3.63, 3.8) is 0 Å². The fraction of sp³-hybridized carbons (Fsp3) is 0.211. The molecule has 0 aliphatic heterocycles. The van der Waals surface area contributed by atoms with Gasteiger partial charge in [0.1, 0.15) is 4.83 Å². The van der Waals surface area contributed by atoms with Crippen molar-refractivity contribution in [2.24, 2.45) is 0 Å². The number of imidazole rings is 1. The minimum atomic E-state index is 0.0212. The third-order valence-corrected chi connectivity index (χ3v) is 5.65. The normalized spacial score (nSPS) is 12.5. The molecule has 1 atom stereocenters. The molecule has 3 heterocycles. The highest BCUT2D eigenvalue weighted by Crippen LogP contribution is 2.32. The third kappa shape index (κ3) is 3.13. The lowest BCUT2D eigenvalue weighted by Crippen LogP contribution is -2.22. The molecule has 0 bridgehead atoms. The van der Waals surface area contributed by atoms with E-state index in [0.29, 0.717) is 18.5 Å². The van der Waals surface area contributed by atoms with E-state index in [4.69, 9.17) is 0 Å². The minimum Gasteiger partial charge on any atom is -0.336 e. The SMILES string of the molecule is C[C@@H](c1ccccc1)c1cc2c(=O)n(CCn3ccnc3)cnc2s1. The molecular formula is C19H18N4OS. The highest BCUT2D eigenvalue weighted by atomic mass is 32.1. The quantitative estimate of drug-likeness (QED) is 0.553. The van der Waals surface area contributed by atoms with Crippen LogP contribution in [0.3, 0.4) is 0 Å². The van der Waals surface area contributed by atoms with Crippen molar-refractivity contribution < 1.29 is 0 Å². The summed E-state index contributed by atoms with van der Waals surface area (Å²) in [6.07, 6.45) is 7.03. The van der Waals surface area contributed by atoms with Crippen LogP contribution in [0.2, 0.25) is 0 Å². The number of thiophene rings is 1. The summed E-state index contributed by atoms with van der Waals surface area (Å²) in [5.74, 6) is 0.249. The van der Waals surface area contributed by atoms with Crippen LogP contribution in [-0.2, 0) is 13.1 Å². The van der Waals surface area contributed by atoms with E-state index in [9.17, 15) is 4.79 Å². The van der Waals surface area contributed by atoms with Gasteiger partial charge >= 0.3 is 0 Å². The molecule has 6 heteroatoms. The molecule has 0 amide bonds. The van der Waals surface area contributed by atoms with E-state index < -0.39 is 0 Å². The zero-order chi connectivity index (χ0) is 17.2. The number of benzene rings is 1. The smallest absolute Gasteiger partial charge is 0.262 e. The van der Waals surface area contributed by atoms with Crippen molar-refractivity contribution in [3.8, 4) is 0 Å². The first-order chi connectivity index (χ1) is 12.2. The zero-order valence-corrected chi connectivity index (χ0v) is 14.7. The van der Waals surface area contributed by atoms with Crippen molar-refractivity contribution in [2.75, 3.05) is 0 Å². The fourth-order valence-electron chi connectivity index (χ4n) is 2.90. The van der Waals surface area contributed by atoms with Crippen LogP contribution >= 0.6 is 11.3 Å². The average molecular weight is 350 g/mol. The average Bonchev–Trinajstić information content (AvgIpc) is 3.31. The van der Waals surface area contributed by atoms with Crippen LogP contribution in [0, 0.1) is 0 Å². The Hall–Kier alpha value is -2.73. The number of nitrogens with zero attached hydrogens (tertiary/aromatic N) is 4. The second-order valence-corrected chi connectivity index (χ2v) is 7.11. The highest BCUT2D eigenvalue weighted by molar-refractivity contribution is 7.18.